The van der Waals surface area contributed by atoms with Crippen LogP contribution in [-0.2, 0) is 22.4 Å². The number of benzene rings is 4. The monoisotopic (exact) mass is 709 g/mol. The van der Waals surface area contributed by atoms with Gasteiger partial charge in [-0.1, -0.05) is 47.9 Å². The average molecular weight is 710 g/mol. The number of nitrogens with one attached hydrogen (secondary N) is 2. The van der Waals surface area contributed by atoms with Crippen molar-refractivity contribution >= 4 is 23.7 Å². The van der Waals surface area contributed by atoms with Crippen LogP contribution >= 0.6 is 0 Å². The van der Waals surface area contributed by atoms with Crippen LogP contribution in [0.1, 0.15) is 101 Å². The highest BCUT2D eigenvalue weighted by Gasteiger charge is 2.17. The Balaban J connectivity index is 0.000000241. The Hall–Kier alpha value is -6.12. The van der Waals surface area contributed by atoms with Gasteiger partial charge in [-0.25, -0.2) is 4.79 Å². The van der Waals surface area contributed by atoms with Crippen LogP contribution in [0, 0.1) is 23.7 Å². The number of aromatic carboxylic acids is 1. The van der Waals surface area contributed by atoms with E-state index in [1.54, 1.807) is 24.3 Å². The van der Waals surface area contributed by atoms with Crippen molar-refractivity contribution in [1.82, 2.24) is 15.5 Å². The Morgan fingerprint density at radius 1 is 0.566 bits per heavy atom. The lowest BCUT2D eigenvalue weighted by Gasteiger charge is -2.26. The summed E-state index contributed by atoms with van der Waals surface area (Å²) in [6.45, 7) is 8.73. The lowest BCUT2D eigenvalue weighted by Crippen LogP contribution is -2.35. The number of carboxylic acids is 1. The molecule has 0 spiro atoms. The van der Waals surface area contributed by atoms with Crippen molar-refractivity contribution in [2.75, 3.05) is 13.1 Å². The summed E-state index contributed by atoms with van der Waals surface area (Å²) < 4.78 is 0. The molecule has 4 aromatic carbocycles. The van der Waals surface area contributed by atoms with E-state index in [0.29, 0.717) is 0 Å². The number of likely N-dealkylation sites (tertiary alicyclic amines) is 1. The van der Waals surface area contributed by atoms with E-state index in [1.807, 2.05) is 91.5 Å². The van der Waals surface area contributed by atoms with Crippen LogP contribution in [0.4, 0.5) is 0 Å². The second-order valence-corrected chi connectivity index (χ2v) is 13.3. The molecule has 3 N–H and O–H groups in total. The molecule has 53 heavy (non-hydrogen) atoms. The number of rotatable bonds is 8. The van der Waals surface area contributed by atoms with Crippen molar-refractivity contribution in [3.8, 4) is 23.7 Å². The van der Waals surface area contributed by atoms with Gasteiger partial charge in [-0.2, -0.15) is 0 Å². The zero-order valence-electron chi connectivity index (χ0n) is 30.9. The fourth-order valence-electron chi connectivity index (χ4n) is 5.91. The summed E-state index contributed by atoms with van der Waals surface area (Å²) in [6.07, 6.45) is 4.97. The normalized spacial score (nSPS) is 12.9. The summed E-state index contributed by atoms with van der Waals surface area (Å²) in [6, 6.07) is 30.2. The maximum Gasteiger partial charge on any atom is 0.335 e. The van der Waals surface area contributed by atoms with Gasteiger partial charge in [0.05, 0.1) is 5.56 Å². The van der Waals surface area contributed by atoms with Gasteiger partial charge in [-0.3, -0.25) is 14.4 Å². The van der Waals surface area contributed by atoms with E-state index in [0.717, 1.165) is 77.7 Å². The van der Waals surface area contributed by atoms with E-state index >= 15 is 0 Å². The summed E-state index contributed by atoms with van der Waals surface area (Å²) in [5.41, 5.74) is 6.76. The molecule has 4 aromatic rings. The van der Waals surface area contributed by atoms with Gasteiger partial charge in [-0.15, -0.1) is 0 Å². The smallest absolute Gasteiger partial charge is 0.335 e. The summed E-state index contributed by atoms with van der Waals surface area (Å²) >= 11 is 0. The number of piperidine rings is 1. The Kier molecular flexibility index (Phi) is 15.0. The second kappa shape index (κ2) is 20.1. The highest BCUT2D eigenvalue weighted by molar-refractivity contribution is 5.94. The molecule has 0 bridgehead atoms. The largest absolute Gasteiger partial charge is 0.478 e. The number of nitrogens with zero attached hydrogens (tertiary/aromatic N) is 1. The molecule has 5 rings (SSSR count). The zero-order valence-corrected chi connectivity index (χ0v) is 30.9. The molecule has 0 saturated carbocycles. The van der Waals surface area contributed by atoms with Crippen molar-refractivity contribution < 1.29 is 24.3 Å². The molecular weight excluding hydrogens is 663 g/mol. The highest BCUT2D eigenvalue weighted by Crippen LogP contribution is 2.14. The summed E-state index contributed by atoms with van der Waals surface area (Å²) in [4.78, 5) is 47.4. The minimum Gasteiger partial charge on any atom is -0.478 e. The molecule has 2 atom stereocenters. The summed E-state index contributed by atoms with van der Waals surface area (Å²) in [5.74, 6) is 11.5. The van der Waals surface area contributed by atoms with Crippen LogP contribution in [0.15, 0.2) is 97.1 Å². The van der Waals surface area contributed by atoms with E-state index < -0.39 is 5.97 Å². The van der Waals surface area contributed by atoms with Gasteiger partial charge >= 0.3 is 5.97 Å². The third kappa shape index (κ3) is 13.8. The Morgan fingerprint density at radius 2 is 0.906 bits per heavy atom. The predicted molar refractivity (Wildman–Crippen MR) is 208 cm³/mol. The maximum absolute atomic E-state index is 12.5. The van der Waals surface area contributed by atoms with Gasteiger partial charge in [0.2, 0.25) is 11.8 Å². The molecule has 8 nitrogen and oxygen atoms in total. The van der Waals surface area contributed by atoms with E-state index in [1.165, 1.54) is 20.3 Å². The van der Waals surface area contributed by atoms with E-state index in [9.17, 15) is 19.2 Å². The first-order valence-corrected chi connectivity index (χ1v) is 17.9. The van der Waals surface area contributed by atoms with Crippen molar-refractivity contribution in [2.24, 2.45) is 0 Å². The molecular formula is C45H47N3O5. The molecule has 0 aromatic heterocycles. The number of amides is 3. The molecule has 8 heteroatoms. The Morgan fingerprint density at radius 3 is 1.25 bits per heavy atom. The topological polar surface area (TPSA) is 116 Å². The molecule has 272 valence electrons. The molecule has 0 aliphatic carbocycles. The van der Waals surface area contributed by atoms with Crippen LogP contribution in [0.2, 0.25) is 0 Å². The predicted octanol–water partition coefficient (Wildman–Crippen LogP) is 6.63. The van der Waals surface area contributed by atoms with E-state index in [4.69, 9.17) is 5.11 Å². The number of hydrogen-bond acceptors (Lipinski definition) is 4. The standard InChI is InChI=1S/C25H28N2O2.C20H19NO3/c1-19(26-20(2)28)18-23-10-8-21(9-11-23)6-7-22-12-14-24(15-13-22)25(29)27-16-4-3-5-17-27;1-14(21-15(2)22)13-18-7-5-16(6-8-18)3-4-17-9-11-19(12-10-17)20(23)24/h8-15,19H,3-5,16-18H2,1-2H3,(H,26,28);5-12,14H,13H2,1-2H3,(H,21,22)(H,23,24). The van der Waals surface area contributed by atoms with Gasteiger partial charge in [0.1, 0.15) is 0 Å². The molecule has 2 unspecified atom stereocenters. The minimum absolute atomic E-state index is 0.0105. The summed E-state index contributed by atoms with van der Waals surface area (Å²) in [7, 11) is 0. The second-order valence-electron chi connectivity index (χ2n) is 13.3. The highest BCUT2D eigenvalue weighted by atomic mass is 16.4. The minimum atomic E-state index is -0.946. The van der Waals surface area contributed by atoms with Gasteiger partial charge < -0.3 is 20.6 Å². The van der Waals surface area contributed by atoms with E-state index in [2.05, 4.69) is 34.3 Å². The van der Waals surface area contributed by atoms with Gasteiger partial charge in [0, 0.05) is 66.8 Å². The molecule has 0 radical (unpaired) electrons. The number of carbonyl (C=O) groups excluding carboxylic acids is 3. The van der Waals surface area contributed by atoms with Crippen molar-refractivity contribution in [1.29, 1.82) is 0 Å². The van der Waals surface area contributed by atoms with Crippen LogP contribution in [0.3, 0.4) is 0 Å². The molecule has 1 aliphatic rings. The fourth-order valence-corrected chi connectivity index (χ4v) is 5.91. The third-order valence-corrected chi connectivity index (χ3v) is 8.50. The zero-order chi connectivity index (χ0) is 38.2. The van der Waals surface area contributed by atoms with Gasteiger partial charge in [0.15, 0.2) is 0 Å². The first-order chi connectivity index (χ1) is 25.4. The number of hydrogen-bond donors (Lipinski definition) is 3. The van der Waals surface area contributed by atoms with Gasteiger partial charge in [-0.05, 0) is 130 Å². The lowest BCUT2D eigenvalue weighted by atomic mass is 10.0. The molecule has 1 heterocycles. The molecule has 1 saturated heterocycles. The Labute approximate surface area is 313 Å². The van der Waals surface area contributed by atoms with Crippen molar-refractivity contribution in [3.05, 3.63) is 142 Å². The first-order valence-electron chi connectivity index (χ1n) is 17.9. The maximum atomic E-state index is 12.5. The van der Waals surface area contributed by atoms with Crippen molar-refractivity contribution in [2.45, 2.75) is 71.9 Å². The van der Waals surface area contributed by atoms with Crippen LogP contribution < -0.4 is 10.6 Å². The van der Waals surface area contributed by atoms with Crippen LogP contribution in [0.5, 0.6) is 0 Å². The number of carbonyl (C=O) groups is 4. The number of carboxylic acid groups (broad SMARTS) is 1. The molecule has 1 aliphatic heterocycles. The molecule has 1 fully saturated rings. The SMILES string of the molecule is CC(=O)NC(C)Cc1ccc(C#Cc2ccc(C(=O)N3CCCCC3)cc2)cc1.CC(=O)NC(C)Cc1ccc(C#Cc2ccc(C(=O)O)cc2)cc1. The Bertz CT molecular complexity index is 1970. The van der Waals surface area contributed by atoms with Crippen LogP contribution in [0.25, 0.3) is 0 Å². The third-order valence-electron chi connectivity index (χ3n) is 8.50. The van der Waals surface area contributed by atoms with E-state index in [-0.39, 0.29) is 35.4 Å². The average Bonchev–Trinajstić information content (AvgIpc) is 3.14. The fraction of sp³-hybridized carbons (Fsp3) is 0.289. The molecule has 3 amide bonds. The quantitative estimate of drug-likeness (QED) is 0.178. The van der Waals surface area contributed by atoms with Gasteiger partial charge in [0.25, 0.3) is 5.91 Å². The van der Waals surface area contributed by atoms with Crippen LogP contribution in [-0.4, -0.2) is 58.9 Å². The summed E-state index contributed by atoms with van der Waals surface area (Å²) in [5, 5.41) is 14.6. The first kappa shape index (κ1) is 39.7. The lowest BCUT2D eigenvalue weighted by molar-refractivity contribution is -0.120. The van der Waals surface area contributed by atoms with Crippen molar-refractivity contribution in [3.63, 3.8) is 0 Å².